The van der Waals surface area contributed by atoms with E-state index in [2.05, 4.69) is 36.4 Å². The van der Waals surface area contributed by atoms with Crippen molar-refractivity contribution in [3.8, 4) is 0 Å². The smallest absolute Gasteiger partial charge is 0.104 e. The Labute approximate surface area is 90.7 Å². The van der Waals surface area contributed by atoms with Gasteiger partial charge in [0.1, 0.15) is 11.5 Å². The van der Waals surface area contributed by atoms with Gasteiger partial charge in [-0.2, -0.15) is 0 Å². The highest BCUT2D eigenvalue weighted by Gasteiger charge is 1.98. The molecule has 0 saturated heterocycles. The first-order valence-electron chi connectivity index (χ1n) is 5.44. The molecule has 2 aromatic rings. The monoisotopic (exact) mass is 200 g/mol. The molecule has 0 atom stereocenters. The summed E-state index contributed by atoms with van der Waals surface area (Å²) in [6.07, 6.45) is 3.31. The van der Waals surface area contributed by atoms with E-state index in [-0.39, 0.29) is 0 Å². The molecule has 0 unspecified atom stereocenters. The second kappa shape index (κ2) is 4.83. The maximum atomic E-state index is 5.52. The van der Waals surface area contributed by atoms with Gasteiger partial charge in [0.15, 0.2) is 0 Å². The van der Waals surface area contributed by atoms with Gasteiger partial charge in [-0.05, 0) is 37.5 Å². The normalized spacial score (nSPS) is 10.5. The summed E-state index contributed by atoms with van der Waals surface area (Å²) >= 11 is 0. The lowest BCUT2D eigenvalue weighted by atomic mass is 10.1. The summed E-state index contributed by atoms with van der Waals surface area (Å²) in [5.41, 5.74) is 1.40. The summed E-state index contributed by atoms with van der Waals surface area (Å²) in [6, 6.07) is 14.7. The molecule has 0 aliphatic rings. The van der Waals surface area contributed by atoms with Gasteiger partial charge in [-0.3, -0.25) is 0 Å². The number of hydrogen-bond donors (Lipinski definition) is 0. The predicted molar refractivity (Wildman–Crippen MR) is 61.9 cm³/mol. The van der Waals surface area contributed by atoms with E-state index in [4.69, 9.17) is 4.42 Å². The van der Waals surface area contributed by atoms with Crippen LogP contribution in [0.5, 0.6) is 0 Å². The molecule has 1 heterocycles. The van der Waals surface area contributed by atoms with Crippen LogP contribution in [0, 0.1) is 6.92 Å². The lowest BCUT2D eigenvalue weighted by Gasteiger charge is -1.99. The first-order valence-corrected chi connectivity index (χ1v) is 5.44. The molecule has 0 amide bonds. The average molecular weight is 200 g/mol. The Hall–Kier alpha value is -1.50. The zero-order chi connectivity index (χ0) is 10.5. The summed E-state index contributed by atoms with van der Waals surface area (Å²) in [4.78, 5) is 0. The Bertz CT molecular complexity index is 400. The van der Waals surface area contributed by atoms with Gasteiger partial charge in [-0.1, -0.05) is 30.3 Å². The van der Waals surface area contributed by atoms with Crippen LogP contribution in [0.4, 0.5) is 0 Å². The van der Waals surface area contributed by atoms with E-state index in [1.54, 1.807) is 0 Å². The number of aryl methyl sites for hydroxylation is 3. The van der Waals surface area contributed by atoms with Crippen LogP contribution in [-0.2, 0) is 12.8 Å². The molecule has 0 saturated carbocycles. The Morgan fingerprint density at radius 3 is 2.40 bits per heavy atom. The van der Waals surface area contributed by atoms with E-state index in [0.29, 0.717) is 0 Å². The van der Waals surface area contributed by atoms with Gasteiger partial charge >= 0.3 is 0 Å². The molecule has 0 fully saturated rings. The summed E-state index contributed by atoms with van der Waals surface area (Å²) < 4.78 is 5.52. The summed E-state index contributed by atoms with van der Waals surface area (Å²) in [5, 5.41) is 0. The van der Waals surface area contributed by atoms with Crippen molar-refractivity contribution in [3.05, 3.63) is 59.5 Å². The van der Waals surface area contributed by atoms with Gasteiger partial charge < -0.3 is 4.42 Å². The van der Waals surface area contributed by atoms with Gasteiger partial charge in [0.2, 0.25) is 0 Å². The molecular formula is C14H16O. The lowest BCUT2D eigenvalue weighted by molar-refractivity contribution is 0.477. The largest absolute Gasteiger partial charge is 0.466 e. The van der Waals surface area contributed by atoms with E-state index >= 15 is 0 Å². The van der Waals surface area contributed by atoms with Crippen molar-refractivity contribution < 1.29 is 4.42 Å². The van der Waals surface area contributed by atoms with E-state index in [1.807, 2.05) is 13.0 Å². The second-order valence-electron chi connectivity index (χ2n) is 3.85. The molecule has 1 aromatic heterocycles. The third-order valence-corrected chi connectivity index (χ3v) is 2.53. The minimum atomic E-state index is 1.00. The summed E-state index contributed by atoms with van der Waals surface area (Å²) in [6.45, 7) is 1.99. The number of rotatable bonds is 4. The second-order valence-corrected chi connectivity index (χ2v) is 3.85. The third kappa shape index (κ3) is 2.98. The number of benzene rings is 1. The molecule has 0 radical (unpaired) electrons. The van der Waals surface area contributed by atoms with Gasteiger partial charge in [0.25, 0.3) is 0 Å². The van der Waals surface area contributed by atoms with Crippen molar-refractivity contribution in [2.45, 2.75) is 26.2 Å². The minimum Gasteiger partial charge on any atom is -0.466 e. The van der Waals surface area contributed by atoms with Gasteiger partial charge in [0.05, 0.1) is 0 Å². The Balaban J connectivity index is 1.80. The van der Waals surface area contributed by atoms with Crippen LogP contribution in [-0.4, -0.2) is 0 Å². The van der Waals surface area contributed by atoms with Crippen LogP contribution >= 0.6 is 0 Å². The van der Waals surface area contributed by atoms with Gasteiger partial charge in [-0.15, -0.1) is 0 Å². The van der Waals surface area contributed by atoms with Crippen molar-refractivity contribution >= 4 is 0 Å². The van der Waals surface area contributed by atoms with Crippen LogP contribution < -0.4 is 0 Å². The summed E-state index contributed by atoms with van der Waals surface area (Å²) in [7, 11) is 0. The predicted octanol–water partition coefficient (Wildman–Crippen LogP) is 3.76. The SMILES string of the molecule is Cc1ccc(CCCc2ccccc2)o1. The lowest BCUT2D eigenvalue weighted by Crippen LogP contribution is -1.87. The van der Waals surface area contributed by atoms with E-state index in [9.17, 15) is 0 Å². The van der Waals surface area contributed by atoms with Crippen LogP contribution in [0.3, 0.4) is 0 Å². The van der Waals surface area contributed by atoms with Crippen molar-refractivity contribution in [2.24, 2.45) is 0 Å². The maximum absolute atomic E-state index is 5.52. The molecule has 0 N–H and O–H groups in total. The first kappa shape index (κ1) is 10.0. The fraction of sp³-hybridized carbons (Fsp3) is 0.286. The van der Waals surface area contributed by atoms with Crippen LogP contribution in [0.15, 0.2) is 46.9 Å². The van der Waals surface area contributed by atoms with Crippen LogP contribution in [0.2, 0.25) is 0 Å². The number of furan rings is 1. The Kier molecular flexibility index (Phi) is 3.23. The molecule has 1 aromatic carbocycles. The highest BCUT2D eigenvalue weighted by Crippen LogP contribution is 2.11. The Morgan fingerprint density at radius 1 is 0.933 bits per heavy atom. The zero-order valence-corrected chi connectivity index (χ0v) is 9.07. The fourth-order valence-electron chi connectivity index (χ4n) is 1.73. The van der Waals surface area contributed by atoms with Crippen LogP contribution in [0.25, 0.3) is 0 Å². The first-order chi connectivity index (χ1) is 7.34. The van der Waals surface area contributed by atoms with Gasteiger partial charge in [-0.25, -0.2) is 0 Å². The van der Waals surface area contributed by atoms with Crippen molar-refractivity contribution in [3.63, 3.8) is 0 Å². The number of hydrogen-bond acceptors (Lipinski definition) is 1. The topological polar surface area (TPSA) is 13.1 Å². The fourth-order valence-corrected chi connectivity index (χ4v) is 1.73. The van der Waals surface area contributed by atoms with E-state index in [0.717, 1.165) is 30.8 Å². The third-order valence-electron chi connectivity index (χ3n) is 2.53. The summed E-state index contributed by atoms with van der Waals surface area (Å²) in [5.74, 6) is 2.10. The molecule has 15 heavy (non-hydrogen) atoms. The molecule has 0 aliphatic heterocycles. The highest BCUT2D eigenvalue weighted by molar-refractivity contribution is 5.15. The van der Waals surface area contributed by atoms with E-state index < -0.39 is 0 Å². The molecule has 0 bridgehead atoms. The maximum Gasteiger partial charge on any atom is 0.104 e. The molecule has 78 valence electrons. The van der Waals surface area contributed by atoms with Gasteiger partial charge in [0, 0.05) is 6.42 Å². The molecule has 0 spiro atoms. The van der Waals surface area contributed by atoms with Crippen molar-refractivity contribution in [1.29, 1.82) is 0 Å². The highest BCUT2D eigenvalue weighted by atomic mass is 16.3. The molecular weight excluding hydrogens is 184 g/mol. The standard InChI is InChI=1S/C14H16O/c1-12-10-11-14(15-12)9-5-8-13-6-3-2-4-7-13/h2-4,6-7,10-11H,5,8-9H2,1H3. The van der Waals surface area contributed by atoms with E-state index in [1.165, 1.54) is 5.56 Å². The molecule has 1 nitrogen and oxygen atoms in total. The van der Waals surface area contributed by atoms with Crippen LogP contribution in [0.1, 0.15) is 23.5 Å². The molecule has 0 aliphatic carbocycles. The Morgan fingerprint density at radius 2 is 1.73 bits per heavy atom. The zero-order valence-electron chi connectivity index (χ0n) is 9.07. The quantitative estimate of drug-likeness (QED) is 0.732. The average Bonchev–Trinajstić information content (AvgIpc) is 2.66. The minimum absolute atomic E-state index is 1.00. The molecule has 2 rings (SSSR count). The molecule has 1 heteroatoms. The van der Waals surface area contributed by atoms with Crippen molar-refractivity contribution in [1.82, 2.24) is 0 Å². The van der Waals surface area contributed by atoms with Crippen molar-refractivity contribution in [2.75, 3.05) is 0 Å².